The van der Waals surface area contributed by atoms with E-state index in [-0.39, 0.29) is 24.1 Å². The molecule has 94 valence electrons. The second kappa shape index (κ2) is 6.18. The molecule has 0 spiro atoms. The van der Waals surface area contributed by atoms with Crippen molar-refractivity contribution in [2.45, 2.75) is 57.2 Å². The Kier molecular flexibility index (Phi) is 5.18. The Morgan fingerprint density at radius 1 is 1.56 bits per heavy atom. The zero-order valence-corrected chi connectivity index (χ0v) is 10.1. The van der Waals surface area contributed by atoms with Gasteiger partial charge in [-0.2, -0.15) is 0 Å². The van der Waals surface area contributed by atoms with Crippen LogP contribution in [0.25, 0.3) is 0 Å². The molecule has 3 atom stereocenters. The lowest BCUT2D eigenvalue weighted by molar-refractivity contribution is -0.128. The highest BCUT2D eigenvalue weighted by molar-refractivity contribution is 5.81. The summed E-state index contributed by atoms with van der Waals surface area (Å²) in [4.78, 5) is 13.5. The van der Waals surface area contributed by atoms with Crippen LogP contribution in [0.5, 0.6) is 0 Å². The highest BCUT2D eigenvalue weighted by Crippen LogP contribution is 2.24. The second-order valence-electron chi connectivity index (χ2n) is 4.52. The molecule has 3 unspecified atom stereocenters. The summed E-state index contributed by atoms with van der Waals surface area (Å²) in [5.41, 5.74) is 2.19. The number of carbonyl (C=O) groups excluding carboxylic acids is 1. The third-order valence-electron chi connectivity index (χ3n) is 3.54. The standard InChI is InChI=1S/C11H23N3O2/c1-3-8(11(16)13-12)14(2)9-6-4-5-7-10(9)15/h8-10,15H,3-7,12H2,1-2H3,(H,13,16). The van der Waals surface area contributed by atoms with E-state index in [9.17, 15) is 9.90 Å². The SMILES string of the molecule is CCC(C(=O)NN)N(C)C1CCCCC1O. The molecule has 0 aromatic heterocycles. The predicted molar refractivity (Wildman–Crippen MR) is 62.4 cm³/mol. The Balaban J connectivity index is 2.65. The monoisotopic (exact) mass is 229 g/mol. The van der Waals surface area contributed by atoms with E-state index in [1.165, 1.54) is 0 Å². The van der Waals surface area contributed by atoms with Crippen LogP contribution in [-0.2, 0) is 4.79 Å². The molecule has 0 saturated heterocycles. The number of aliphatic hydroxyl groups is 1. The van der Waals surface area contributed by atoms with E-state index in [4.69, 9.17) is 5.84 Å². The van der Waals surface area contributed by atoms with E-state index in [0.29, 0.717) is 6.42 Å². The van der Waals surface area contributed by atoms with E-state index in [1.807, 2.05) is 18.9 Å². The van der Waals surface area contributed by atoms with Crippen LogP contribution in [0.3, 0.4) is 0 Å². The quantitative estimate of drug-likeness (QED) is 0.360. The topological polar surface area (TPSA) is 78.6 Å². The summed E-state index contributed by atoms with van der Waals surface area (Å²) in [7, 11) is 1.89. The minimum absolute atomic E-state index is 0.0796. The largest absolute Gasteiger partial charge is 0.391 e. The van der Waals surface area contributed by atoms with Gasteiger partial charge in [-0.25, -0.2) is 5.84 Å². The number of nitrogens with two attached hydrogens (primary N) is 1. The molecular formula is C11H23N3O2. The van der Waals surface area contributed by atoms with Crippen LogP contribution < -0.4 is 11.3 Å². The van der Waals surface area contributed by atoms with Gasteiger partial charge in [-0.1, -0.05) is 19.8 Å². The van der Waals surface area contributed by atoms with Gasteiger partial charge in [0.25, 0.3) is 5.91 Å². The zero-order valence-electron chi connectivity index (χ0n) is 10.1. The van der Waals surface area contributed by atoms with E-state index in [0.717, 1.165) is 25.7 Å². The Hall–Kier alpha value is -0.650. The second-order valence-corrected chi connectivity index (χ2v) is 4.52. The van der Waals surface area contributed by atoms with Crippen LogP contribution >= 0.6 is 0 Å². The lowest BCUT2D eigenvalue weighted by Gasteiger charge is -2.38. The van der Waals surface area contributed by atoms with Crippen molar-refractivity contribution < 1.29 is 9.90 Å². The Morgan fingerprint density at radius 3 is 2.69 bits per heavy atom. The summed E-state index contributed by atoms with van der Waals surface area (Å²) >= 11 is 0. The van der Waals surface area contributed by atoms with Crippen molar-refractivity contribution in [1.29, 1.82) is 0 Å². The number of rotatable bonds is 4. The van der Waals surface area contributed by atoms with Gasteiger partial charge in [0.2, 0.25) is 0 Å². The van der Waals surface area contributed by atoms with Crippen molar-refractivity contribution in [2.75, 3.05) is 7.05 Å². The van der Waals surface area contributed by atoms with E-state index in [2.05, 4.69) is 5.43 Å². The zero-order chi connectivity index (χ0) is 12.1. The first-order valence-corrected chi connectivity index (χ1v) is 6.02. The molecule has 0 heterocycles. The van der Waals surface area contributed by atoms with Crippen molar-refractivity contribution in [3.8, 4) is 0 Å². The van der Waals surface area contributed by atoms with Crippen LogP contribution in [0.2, 0.25) is 0 Å². The number of likely N-dealkylation sites (N-methyl/N-ethyl adjacent to an activating group) is 1. The number of hydrogen-bond donors (Lipinski definition) is 3. The number of hydrogen-bond acceptors (Lipinski definition) is 4. The summed E-state index contributed by atoms with van der Waals surface area (Å²) in [6.07, 6.45) is 4.35. The smallest absolute Gasteiger partial charge is 0.251 e. The molecule has 5 nitrogen and oxygen atoms in total. The average molecular weight is 229 g/mol. The Morgan fingerprint density at radius 2 is 2.19 bits per heavy atom. The molecule has 5 heteroatoms. The average Bonchev–Trinajstić information content (AvgIpc) is 2.30. The number of amides is 1. The minimum Gasteiger partial charge on any atom is -0.391 e. The molecule has 1 rings (SSSR count). The molecule has 1 fully saturated rings. The van der Waals surface area contributed by atoms with Crippen molar-refractivity contribution in [2.24, 2.45) is 5.84 Å². The van der Waals surface area contributed by atoms with Gasteiger partial charge in [-0.05, 0) is 26.3 Å². The van der Waals surface area contributed by atoms with Gasteiger partial charge >= 0.3 is 0 Å². The fraction of sp³-hybridized carbons (Fsp3) is 0.909. The lowest BCUT2D eigenvalue weighted by Crippen LogP contribution is -2.54. The summed E-state index contributed by atoms with van der Waals surface area (Å²) in [5.74, 6) is 4.98. The predicted octanol–water partition coefficient (Wildman–Crippen LogP) is -0.00980. The molecule has 0 radical (unpaired) electrons. The van der Waals surface area contributed by atoms with Crippen molar-refractivity contribution in [3.05, 3.63) is 0 Å². The first kappa shape index (κ1) is 13.4. The molecule has 4 N–H and O–H groups in total. The summed E-state index contributed by atoms with van der Waals surface area (Å²) < 4.78 is 0. The maximum atomic E-state index is 11.6. The van der Waals surface area contributed by atoms with E-state index >= 15 is 0 Å². The molecule has 0 aromatic rings. The minimum atomic E-state index is -0.321. The molecule has 0 bridgehead atoms. The van der Waals surface area contributed by atoms with Crippen LogP contribution in [0.4, 0.5) is 0 Å². The number of hydrazine groups is 1. The summed E-state index contributed by atoms with van der Waals surface area (Å²) in [6, 6.07) is -0.168. The lowest BCUT2D eigenvalue weighted by atomic mass is 9.90. The van der Waals surface area contributed by atoms with E-state index in [1.54, 1.807) is 0 Å². The number of nitrogens with one attached hydrogen (secondary N) is 1. The molecule has 1 saturated carbocycles. The number of nitrogens with zero attached hydrogens (tertiary/aromatic N) is 1. The fourth-order valence-electron chi connectivity index (χ4n) is 2.55. The van der Waals surface area contributed by atoms with Crippen LogP contribution in [0.1, 0.15) is 39.0 Å². The third kappa shape index (κ3) is 2.93. The van der Waals surface area contributed by atoms with Gasteiger partial charge in [0.05, 0.1) is 12.1 Å². The third-order valence-corrected chi connectivity index (χ3v) is 3.54. The van der Waals surface area contributed by atoms with Gasteiger partial charge in [-0.3, -0.25) is 15.1 Å². The molecule has 16 heavy (non-hydrogen) atoms. The van der Waals surface area contributed by atoms with Crippen LogP contribution in [-0.4, -0.2) is 41.1 Å². The first-order valence-electron chi connectivity index (χ1n) is 6.02. The first-order chi connectivity index (χ1) is 7.61. The fourth-order valence-corrected chi connectivity index (χ4v) is 2.55. The number of carbonyl (C=O) groups is 1. The van der Waals surface area contributed by atoms with Gasteiger partial charge in [0.15, 0.2) is 0 Å². The number of aliphatic hydroxyl groups excluding tert-OH is 1. The normalized spacial score (nSPS) is 27.8. The maximum Gasteiger partial charge on any atom is 0.251 e. The Bertz CT molecular complexity index is 235. The van der Waals surface area contributed by atoms with Gasteiger partial charge in [0, 0.05) is 6.04 Å². The maximum absolute atomic E-state index is 11.6. The molecule has 0 aliphatic heterocycles. The van der Waals surface area contributed by atoms with Crippen molar-refractivity contribution in [3.63, 3.8) is 0 Å². The molecule has 1 aliphatic carbocycles. The highest BCUT2D eigenvalue weighted by Gasteiger charge is 2.32. The van der Waals surface area contributed by atoms with Gasteiger partial charge < -0.3 is 5.11 Å². The molecular weight excluding hydrogens is 206 g/mol. The van der Waals surface area contributed by atoms with Gasteiger partial charge in [-0.15, -0.1) is 0 Å². The van der Waals surface area contributed by atoms with E-state index < -0.39 is 0 Å². The van der Waals surface area contributed by atoms with Crippen LogP contribution in [0, 0.1) is 0 Å². The molecule has 1 aliphatic rings. The highest BCUT2D eigenvalue weighted by atomic mass is 16.3. The van der Waals surface area contributed by atoms with Crippen LogP contribution in [0.15, 0.2) is 0 Å². The summed E-state index contributed by atoms with van der Waals surface area (Å²) in [5, 5.41) is 9.93. The molecule has 1 amide bonds. The van der Waals surface area contributed by atoms with Gasteiger partial charge in [0.1, 0.15) is 0 Å². The van der Waals surface area contributed by atoms with Crippen molar-refractivity contribution >= 4 is 5.91 Å². The Labute approximate surface area is 97.0 Å². The molecule has 0 aromatic carbocycles. The van der Waals surface area contributed by atoms with Crippen molar-refractivity contribution in [1.82, 2.24) is 10.3 Å². The summed E-state index contributed by atoms with van der Waals surface area (Å²) in [6.45, 7) is 1.95.